The topological polar surface area (TPSA) is 51.7 Å². The number of methoxy groups -OCH3 is 1. The van der Waals surface area contributed by atoms with Gasteiger partial charge in [0.1, 0.15) is 11.5 Å². The Morgan fingerprint density at radius 2 is 1.91 bits per heavy atom. The van der Waals surface area contributed by atoms with E-state index in [1.165, 1.54) is 0 Å². The molecule has 0 N–H and O–H groups in total. The van der Waals surface area contributed by atoms with Crippen LogP contribution in [0.3, 0.4) is 0 Å². The number of benzene rings is 1. The van der Waals surface area contributed by atoms with E-state index in [0.29, 0.717) is 18.0 Å². The van der Waals surface area contributed by atoms with Crippen LogP contribution in [-0.2, 0) is 11.2 Å². The SMILES string of the molecule is COc1cccc(O[C@H](C)C(=O)N(C)CCc2ccncc2)c1. The predicted octanol–water partition coefficient (Wildman–Crippen LogP) is 2.56. The molecule has 0 saturated heterocycles. The molecule has 5 heteroatoms. The van der Waals surface area contributed by atoms with Crippen molar-refractivity contribution in [3.05, 3.63) is 54.4 Å². The Bertz CT molecular complexity index is 631. The third-order valence-electron chi connectivity index (χ3n) is 3.56. The van der Waals surface area contributed by atoms with Gasteiger partial charge >= 0.3 is 0 Å². The average molecular weight is 314 g/mol. The maximum atomic E-state index is 12.4. The number of ether oxygens (including phenoxy) is 2. The first kappa shape index (κ1) is 16.8. The number of carbonyl (C=O) groups is 1. The summed E-state index contributed by atoms with van der Waals surface area (Å²) in [5, 5.41) is 0. The highest BCUT2D eigenvalue weighted by atomic mass is 16.5. The third kappa shape index (κ3) is 4.98. The molecule has 122 valence electrons. The fourth-order valence-electron chi connectivity index (χ4n) is 2.20. The van der Waals surface area contributed by atoms with E-state index in [1.807, 2.05) is 30.3 Å². The Balaban J connectivity index is 1.88. The molecule has 2 aromatic rings. The van der Waals surface area contributed by atoms with Crippen LogP contribution >= 0.6 is 0 Å². The van der Waals surface area contributed by atoms with Crippen molar-refractivity contribution in [2.24, 2.45) is 0 Å². The lowest BCUT2D eigenvalue weighted by atomic mass is 10.2. The molecule has 2 rings (SSSR count). The first-order valence-corrected chi connectivity index (χ1v) is 7.54. The van der Waals surface area contributed by atoms with Gasteiger partial charge in [-0.2, -0.15) is 0 Å². The molecule has 1 aromatic carbocycles. The van der Waals surface area contributed by atoms with Crippen LogP contribution in [0, 0.1) is 0 Å². The molecule has 0 bridgehead atoms. The van der Waals surface area contributed by atoms with Gasteiger partial charge in [0.2, 0.25) is 0 Å². The summed E-state index contributed by atoms with van der Waals surface area (Å²) in [6.45, 7) is 2.39. The maximum absolute atomic E-state index is 12.4. The van der Waals surface area contributed by atoms with E-state index in [2.05, 4.69) is 4.98 Å². The van der Waals surface area contributed by atoms with E-state index in [4.69, 9.17) is 9.47 Å². The normalized spacial score (nSPS) is 11.6. The van der Waals surface area contributed by atoms with E-state index < -0.39 is 6.10 Å². The molecule has 5 nitrogen and oxygen atoms in total. The Labute approximate surface area is 136 Å². The number of pyridine rings is 1. The van der Waals surface area contributed by atoms with E-state index in [-0.39, 0.29) is 5.91 Å². The van der Waals surface area contributed by atoms with Gasteiger partial charge in [0.05, 0.1) is 7.11 Å². The fraction of sp³-hybridized carbons (Fsp3) is 0.333. The second-order valence-electron chi connectivity index (χ2n) is 5.30. The van der Waals surface area contributed by atoms with Gasteiger partial charge < -0.3 is 14.4 Å². The van der Waals surface area contributed by atoms with E-state index in [0.717, 1.165) is 12.0 Å². The molecular weight excluding hydrogens is 292 g/mol. The molecule has 1 atom stereocenters. The number of amides is 1. The van der Waals surface area contributed by atoms with E-state index in [9.17, 15) is 4.79 Å². The number of aromatic nitrogens is 1. The second-order valence-corrected chi connectivity index (χ2v) is 5.30. The predicted molar refractivity (Wildman–Crippen MR) is 88.7 cm³/mol. The zero-order chi connectivity index (χ0) is 16.7. The molecule has 0 aliphatic carbocycles. The summed E-state index contributed by atoms with van der Waals surface area (Å²) in [6, 6.07) is 11.1. The summed E-state index contributed by atoms with van der Waals surface area (Å²) in [4.78, 5) is 18.1. The van der Waals surface area contributed by atoms with Crippen molar-refractivity contribution in [2.45, 2.75) is 19.4 Å². The quantitative estimate of drug-likeness (QED) is 0.788. The molecule has 0 saturated carbocycles. The molecule has 0 radical (unpaired) electrons. The Morgan fingerprint density at radius 1 is 1.22 bits per heavy atom. The highest BCUT2D eigenvalue weighted by molar-refractivity contribution is 5.80. The van der Waals surface area contributed by atoms with Crippen LogP contribution in [-0.4, -0.2) is 42.6 Å². The van der Waals surface area contributed by atoms with Gasteiger partial charge in [-0.25, -0.2) is 0 Å². The van der Waals surface area contributed by atoms with Crippen molar-refractivity contribution in [1.82, 2.24) is 9.88 Å². The molecule has 0 aliphatic rings. The number of likely N-dealkylation sites (N-methyl/N-ethyl adjacent to an activating group) is 1. The average Bonchev–Trinajstić information content (AvgIpc) is 2.60. The Kier molecular flexibility index (Phi) is 5.97. The maximum Gasteiger partial charge on any atom is 0.263 e. The minimum Gasteiger partial charge on any atom is -0.497 e. The van der Waals surface area contributed by atoms with Crippen molar-refractivity contribution in [3.63, 3.8) is 0 Å². The molecule has 0 unspecified atom stereocenters. The Morgan fingerprint density at radius 3 is 2.61 bits per heavy atom. The minimum atomic E-state index is -0.551. The summed E-state index contributed by atoms with van der Waals surface area (Å²) in [5.74, 6) is 1.27. The molecule has 0 fully saturated rings. The lowest BCUT2D eigenvalue weighted by Gasteiger charge is -2.22. The number of rotatable bonds is 7. The van der Waals surface area contributed by atoms with Gasteiger partial charge in [0.25, 0.3) is 5.91 Å². The van der Waals surface area contributed by atoms with Crippen LogP contribution in [0.1, 0.15) is 12.5 Å². The zero-order valence-electron chi connectivity index (χ0n) is 13.7. The molecule has 1 heterocycles. The lowest BCUT2D eigenvalue weighted by molar-refractivity contribution is -0.136. The molecule has 23 heavy (non-hydrogen) atoms. The van der Waals surface area contributed by atoms with Gasteiger partial charge in [-0.05, 0) is 43.2 Å². The summed E-state index contributed by atoms with van der Waals surface area (Å²) in [7, 11) is 3.38. The van der Waals surface area contributed by atoms with Crippen LogP contribution in [0.5, 0.6) is 11.5 Å². The van der Waals surface area contributed by atoms with Crippen molar-refractivity contribution >= 4 is 5.91 Å². The minimum absolute atomic E-state index is 0.0538. The zero-order valence-corrected chi connectivity index (χ0v) is 13.7. The van der Waals surface area contributed by atoms with Crippen LogP contribution in [0.4, 0.5) is 0 Å². The highest BCUT2D eigenvalue weighted by Crippen LogP contribution is 2.20. The number of hydrogen-bond acceptors (Lipinski definition) is 4. The van der Waals surface area contributed by atoms with Gasteiger partial charge in [0, 0.05) is 32.1 Å². The van der Waals surface area contributed by atoms with E-state index >= 15 is 0 Å². The van der Waals surface area contributed by atoms with E-state index in [1.54, 1.807) is 44.4 Å². The summed E-state index contributed by atoms with van der Waals surface area (Å²) < 4.78 is 10.9. The molecule has 1 amide bonds. The second kappa shape index (κ2) is 8.17. The number of hydrogen-bond donors (Lipinski definition) is 0. The van der Waals surface area contributed by atoms with Crippen LogP contribution < -0.4 is 9.47 Å². The largest absolute Gasteiger partial charge is 0.497 e. The van der Waals surface area contributed by atoms with Gasteiger partial charge in [-0.15, -0.1) is 0 Å². The van der Waals surface area contributed by atoms with Crippen LogP contribution in [0.15, 0.2) is 48.8 Å². The van der Waals surface area contributed by atoms with Crippen LogP contribution in [0.2, 0.25) is 0 Å². The van der Waals surface area contributed by atoms with Crippen molar-refractivity contribution in [3.8, 4) is 11.5 Å². The fourth-order valence-corrected chi connectivity index (χ4v) is 2.20. The molecule has 0 spiro atoms. The smallest absolute Gasteiger partial charge is 0.263 e. The standard InChI is InChI=1S/C18H22N2O3/c1-14(23-17-6-4-5-16(13-17)22-3)18(21)20(2)12-9-15-7-10-19-11-8-15/h4-8,10-11,13-14H,9,12H2,1-3H3/t14-/m1/s1. The highest BCUT2D eigenvalue weighted by Gasteiger charge is 2.19. The third-order valence-corrected chi connectivity index (χ3v) is 3.56. The van der Waals surface area contributed by atoms with Gasteiger partial charge in [-0.1, -0.05) is 6.07 Å². The monoisotopic (exact) mass is 314 g/mol. The number of nitrogens with zero attached hydrogens (tertiary/aromatic N) is 2. The molecule has 0 aliphatic heterocycles. The van der Waals surface area contributed by atoms with Gasteiger partial charge in [-0.3, -0.25) is 9.78 Å². The van der Waals surface area contributed by atoms with Crippen molar-refractivity contribution < 1.29 is 14.3 Å². The first-order chi connectivity index (χ1) is 11.1. The van der Waals surface area contributed by atoms with Crippen LogP contribution in [0.25, 0.3) is 0 Å². The van der Waals surface area contributed by atoms with Gasteiger partial charge in [0.15, 0.2) is 6.10 Å². The lowest BCUT2D eigenvalue weighted by Crippen LogP contribution is -2.39. The first-order valence-electron chi connectivity index (χ1n) is 7.54. The molecular formula is C18H22N2O3. The molecule has 1 aromatic heterocycles. The van der Waals surface area contributed by atoms with Crippen molar-refractivity contribution in [2.75, 3.05) is 20.7 Å². The summed E-state index contributed by atoms with van der Waals surface area (Å²) in [5.41, 5.74) is 1.15. The Hall–Kier alpha value is -2.56. The summed E-state index contributed by atoms with van der Waals surface area (Å²) in [6.07, 6.45) is 3.75. The summed E-state index contributed by atoms with van der Waals surface area (Å²) >= 11 is 0. The van der Waals surface area contributed by atoms with Crippen molar-refractivity contribution in [1.29, 1.82) is 0 Å². The number of carbonyl (C=O) groups excluding carboxylic acids is 1.